The predicted molar refractivity (Wildman–Crippen MR) is 64.0 cm³/mol. The van der Waals surface area contributed by atoms with E-state index in [-0.39, 0.29) is 11.3 Å². The second kappa shape index (κ2) is 4.65. The van der Waals surface area contributed by atoms with Crippen molar-refractivity contribution in [3.63, 3.8) is 0 Å². The van der Waals surface area contributed by atoms with Gasteiger partial charge < -0.3 is 9.64 Å². The molecule has 0 spiro atoms. The topological polar surface area (TPSA) is 29.5 Å². The molecule has 0 amide bonds. The highest BCUT2D eigenvalue weighted by Gasteiger charge is 2.34. The maximum Gasteiger partial charge on any atom is 0.150 e. The smallest absolute Gasteiger partial charge is 0.150 e. The zero-order chi connectivity index (χ0) is 13.3. The van der Waals surface area contributed by atoms with E-state index in [1.807, 2.05) is 13.8 Å². The molecule has 0 N–H and O–H groups in total. The lowest BCUT2D eigenvalue weighted by Crippen LogP contribution is -2.53. The van der Waals surface area contributed by atoms with Crippen molar-refractivity contribution in [1.82, 2.24) is 0 Å². The SMILES string of the molecule is CC1(C)COCCN1c1c(F)cc(C=O)cc1F. The molecule has 5 heteroatoms. The van der Waals surface area contributed by atoms with E-state index in [0.29, 0.717) is 26.0 Å². The van der Waals surface area contributed by atoms with E-state index in [1.54, 1.807) is 4.90 Å². The first-order valence-electron chi connectivity index (χ1n) is 5.75. The van der Waals surface area contributed by atoms with Crippen LogP contribution in [-0.4, -0.2) is 31.6 Å². The minimum Gasteiger partial charge on any atom is -0.377 e. The van der Waals surface area contributed by atoms with Crippen molar-refractivity contribution < 1.29 is 18.3 Å². The minimum atomic E-state index is -0.716. The highest BCUT2D eigenvalue weighted by Crippen LogP contribution is 2.32. The molecule has 0 saturated carbocycles. The molecular weight excluding hydrogens is 240 g/mol. The Hall–Kier alpha value is -1.49. The Morgan fingerprint density at radius 3 is 2.44 bits per heavy atom. The zero-order valence-electron chi connectivity index (χ0n) is 10.4. The van der Waals surface area contributed by atoms with Crippen LogP contribution in [0.5, 0.6) is 0 Å². The highest BCUT2D eigenvalue weighted by molar-refractivity contribution is 5.76. The molecule has 0 unspecified atom stereocenters. The summed E-state index contributed by atoms with van der Waals surface area (Å²) < 4.78 is 33.2. The Kier molecular flexibility index (Phi) is 3.34. The Balaban J connectivity index is 2.47. The fraction of sp³-hybridized carbons (Fsp3) is 0.462. The molecule has 1 aromatic rings. The molecule has 3 nitrogen and oxygen atoms in total. The van der Waals surface area contributed by atoms with Crippen LogP contribution in [0.25, 0.3) is 0 Å². The van der Waals surface area contributed by atoms with Gasteiger partial charge in [0.05, 0.1) is 18.8 Å². The van der Waals surface area contributed by atoms with Gasteiger partial charge in [0.25, 0.3) is 0 Å². The fourth-order valence-electron chi connectivity index (χ4n) is 2.18. The lowest BCUT2D eigenvalue weighted by atomic mass is 10.0. The van der Waals surface area contributed by atoms with Crippen molar-refractivity contribution in [2.24, 2.45) is 0 Å². The number of aldehydes is 1. The molecule has 1 fully saturated rings. The molecule has 0 aromatic heterocycles. The number of carbonyl (C=O) groups excluding carboxylic acids is 1. The van der Waals surface area contributed by atoms with E-state index in [4.69, 9.17) is 4.74 Å². The summed E-state index contributed by atoms with van der Waals surface area (Å²) in [5.74, 6) is -1.43. The van der Waals surface area contributed by atoms with Crippen LogP contribution in [0.1, 0.15) is 24.2 Å². The monoisotopic (exact) mass is 255 g/mol. The summed E-state index contributed by atoms with van der Waals surface area (Å²) in [6.45, 7) is 4.97. The quantitative estimate of drug-likeness (QED) is 0.760. The Bertz CT molecular complexity index is 451. The normalized spacial score (nSPS) is 18.8. The van der Waals surface area contributed by atoms with Crippen LogP contribution < -0.4 is 4.90 Å². The van der Waals surface area contributed by atoms with Crippen molar-refractivity contribution in [3.05, 3.63) is 29.3 Å². The van der Waals surface area contributed by atoms with E-state index < -0.39 is 17.2 Å². The third-order valence-corrected chi connectivity index (χ3v) is 3.09. The average Bonchev–Trinajstić information content (AvgIpc) is 2.29. The summed E-state index contributed by atoms with van der Waals surface area (Å²) in [5.41, 5.74) is -0.573. The summed E-state index contributed by atoms with van der Waals surface area (Å²) in [5, 5.41) is 0. The van der Waals surface area contributed by atoms with Gasteiger partial charge in [-0.3, -0.25) is 4.79 Å². The van der Waals surface area contributed by atoms with E-state index >= 15 is 0 Å². The number of anilines is 1. The van der Waals surface area contributed by atoms with Gasteiger partial charge >= 0.3 is 0 Å². The van der Waals surface area contributed by atoms with Gasteiger partial charge in [-0.2, -0.15) is 0 Å². The molecule has 1 aliphatic rings. The molecular formula is C13H15F2NO2. The Morgan fingerprint density at radius 2 is 1.94 bits per heavy atom. The van der Waals surface area contributed by atoms with E-state index in [1.165, 1.54) is 0 Å². The summed E-state index contributed by atoms with van der Waals surface area (Å²) in [6.07, 6.45) is 0.431. The fourth-order valence-corrected chi connectivity index (χ4v) is 2.18. The molecule has 1 heterocycles. The van der Waals surface area contributed by atoms with Gasteiger partial charge in [0.15, 0.2) is 0 Å². The number of benzene rings is 1. The number of halogens is 2. The van der Waals surface area contributed by atoms with E-state index in [0.717, 1.165) is 12.1 Å². The van der Waals surface area contributed by atoms with Crippen LogP contribution in [0.15, 0.2) is 12.1 Å². The number of rotatable bonds is 2. The summed E-state index contributed by atoms with van der Waals surface area (Å²) >= 11 is 0. The number of carbonyl (C=O) groups is 1. The summed E-state index contributed by atoms with van der Waals surface area (Å²) in [6, 6.07) is 2.11. The first kappa shape index (κ1) is 13.0. The van der Waals surface area contributed by atoms with Crippen LogP contribution in [0.4, 0.5) is 14.5 Å². The number of hydrogen-bond acceptors (Lipinski definition) is 3. The number of hydrogen-bond donors (Lipinski definition) is 0. The van der Waals surface area contributed by atoms with Gasteiger partial charge in [-0.25, -0.2) is 8.78 Å². The molecule has 0 bridgehead atoms. The lowest BCUT2D eigenvalue weighted by molar-refractivity contribution is 0.0635. The molecule has 2 rings (SSSR count). The molecule has 0 radical (unpaired) electrons. The second-order valence-electron chi connectivity index (χ2n) is 4.97. The number of nitrogens with zero attached hydrogens (tertiary/aromatic N) is 1. The van der Waals surface area contributed by atoms with Gasteiger partial charge in [0.2, 0.25) is 0 Å². The van der Waals surface area contributed by atoms with Crippen LogP contribution in [-0.2, 0) is 4.74 Å². The van der Waals surface area contributed by atoms with Gasteiger partial charge in [-0.05, 0) is 26.0 Å². The van der Waals surface area contributed by atoms with Gasteiger partial charge in [-0.15, -0.1) is 0 Å². The lowest BCUT2D eigenvalue weighted by Gasteiger charge is -2.43. The average molecular weight is 255 g/mol. The summed E-state index contributed by atoms with van der Waals surface area (Å²) in [4.78, 5) is 12.2. The van der Waals surface area contributed by atoms with Crippen molar-refractivity contribution in [1.29, 1.82) is 0 Å². The van der Waals surface area contributed by atoms with Crippen LogP contribution in [0.2, 0.25) is 0 Å². The van der Waals surface area contributed by atoms with E-state index in [9.17, 15) is 13.6 Å². The van der Waals surface area contributed by atoms with Crippen molar-refractivity contribution in [2.45, 2.75) is 19.4 Å². The molecule has 1 aliphatic heterocycles. The first-order chi connectivity index (χ1) is 8.45. The Morgan fingerprint density at radius 1 is 1.33 bits per heavy atom. The molecule has 0 atom stereocenters. The van der Waals surface area contributed by atoms with Gasteiger partial charge in [0.1, 0.15) is 23.6 Å². The number of ether oxygens (including phenoxy) is 1. The Labute approximate surface area is 104 Å². The third-order valence-electron chi connectivity index (χ3n) is 3.09. The number of morpholine rings is 1. The summed E-state index contributed by atoms with van der Waals surface area (Å²) in [7, 11) is 0. The van der Waals surface area contributed by atoms with E-state index in [2.05, 4.69) is 0 Å². The minimum absolute atomic E-state index is 0.000171. The predicted octanol–water partition coefficient (Wildman–Crippen LogP) is 2.39. The van der Waals surface area contributed by atoms with Crippen LogP contribution in [0, 0.1) is 11.6 Å². The standard InChI is InChI=1S/C13H15F2NO2/c1-13(2)8-18-4-3-16(13)12-10(14)5-9(7-17)6-11(12)15/h5-7H,3-4,8H2,1-2H3. The third kappa shape index (κ3) is 2.22. The van der Waals surface area contributed by atoms with Crippen molar-refractivity contribution >= 4 is 12.0 Å². The maximum atomic E-state index is 13.9. The molecule has 1 saturated heterocycles. The van der Waals surface area contributed by atoms with Gasteiger partial charge in [-0.1, -0.05) is 0 Å². The largest absolute Gasteiger partial charge is 0.377 e. The maximum absolute atomic E-state index is 13.9. The zero-order valence-corrected chi connectivity index (χ0v) is 10.4. The molecule has 18 heavy (non-hydrogen) atoms. The van der Waals surface area contributed by atoms with Crippen LogP contribution >= 0.6 is 0 Å². The second-order valence-corrected chi connectivity index (χ2v) is 4.97. The molecule has 98 valence electrons. The molecule has 1 aromatic carbocycles. The van der Waals surface area contributed by atoms with Gasteiger partial charge in [0, 0.05) is 12.1 Å². The highest BCUT2D eigenvalue weighted by atomic mass is 19.1. The first-order valence-corrected chi connectivity index (χ1v) is 5.75. The van der Waals surface area contributed by atoms with Crippen molar-refractivity contribution in [2.75, 3.05) is 24.7 Å². The molecule has 0 aliphatic carbocycles. The van der Waals surface area contributed by atoms with Crippen LogP contribution in [0.3, 0.4) is 0 Å². The van der Waals surface area contributed by atoms with Crippen molar-refractivity contribution in [3.8, 4) is 0 Å².